The van der Waals surface area contributed by atoms with E-state index in [0.29, 0.717) is 6.54 Å². The first-order valence-electron chi connectivity index (χ1n) is 6.21. The number of rotatable bonds is 4. The lowest BCUT2D eigenvalue weighted by Gasteiger charge is -2.34. The first-order valence-corrected chi connectivity index (χ1v) is 7.09. The van der Waals surface area contributed by atoms with Crippen molar-refractivity contribution < 1.29 is 0 Å². The van der Waals surface area contributed by atoms with E-state index in [1.807, 2.05) is 0 Å². The van der Waals surface area contributed by atoms with Gasteiger partial charge in [0.2, 0.25) is 0 Å². The lowest BCUT2D eigenvalue weighted by atomic mass is 10.0. The van der Waals surface area contributed by atoms with Crippen molar-refractivity contribution in [1.29, 1.82) is 0 Å². The van der Waals surface area contributed by atoms with Crippen LogP contribution in [0.2, 0.25) is 0 Å². The molecule has 0 unspecified atom stereocenters. The molecule has 0 amide bonds. The van der Waals surface area contributed by atoms with Gasteiger partial charge >= 0.3 is 0 Å². The monoisotopic (exact) mass is 254 g/mol. The van der Waals surface area contributed by atoms with Crippen molar-refractivity contribution >= 4 is 11.3 Å². The standard InChI is InChI=1S/C12H22N4S/c1-15(2)11-3-5-16(6-4-11)8-10-9-17-12(7-13)14-10/h9,11H,3-8,13H2,1-2H3. The van der Waals surface area contributed by atoms with Crippen molar-refractivity contribution in [2.24, 2.45) is 5.73 Å². The highest BCUT2D eigenvalue weighted by molar-refractivity contribution is 7.09. The topological polar surface area (TPSA) is 45.4 Å². The van der Waals surface area contributed by atoms with E-state index in [9.17, 15) is 0 Å². The molecule has 1 fully saturated rings. The van der Waals surface area contributed by atoms with Crippen LogP contribution in [-0.4, -0.2) is 48.0 Å². The Morgan fingerprint density at radius 3 is 2.71 bits per heavy atom. The fourth-order valence-corrected chi connectivity index (χ4v) is 3.00. The van der Waals surface area contributed by atoms with Gasteiger partial charge in [-0.2, -0.15) is 0 Å². The number of nitrogens with two attached hydrogens (primary N) is 1. The van der Waals surface area contributed by atoms with Crippen molar-refractivity contribution in [2.75, 3.05) is 27.2 Å². The van der Waals surface area contributed by atoms with Gasteiger partial charge in [0.05, 0.1) is 5.69 Å². The third kappa shape index (κ3) is 3.48. The zero-order chi connectivity index (χ0) is 12.3. The molecule has 1 aliphatic rings. The molecule has 0 atom stereocenters. The van der Waals surface area contributed by atoms with Gasteiger partial charge in [0.15, 0.2) is 0 Å². The summed E-state index contributed by atoms with van der Waals surface area (Å²) in [4.78, 5) is 9.35. The maximum absolute atomic E-state index is 5.58. The van der Waals surface area contributed by atoms with Crippen molar-refractivity contribution in [3.05, 3.63) is 16.1 Å². The molecule has 0 radical (unpaired) electrons. The fourth-order valence-electron chi connectivity index (χ4n) is 2.34. The first kappa shape index (κ1) is 13.0. The summed E-state index contributed by atoms with van der Waals surface area (Å²) in [5.74, 6) is 0. The number of hydrogen-bond acceptors (Lipinski definition) is 5. The predicted molar refractivity (Wildman–Crippen MR) is 72.0 cm³/mol. The molecule has 1 aliphatic heterocycles. The Labute approximate surface area is 107 Å². The van der Waals surface area contributed by atoms with E-state index in [1.165, 1.54) is 31.6 Å². The fraction of sp³-hybridized carbons (Fsp3) is 0.750. The minimum Gasteiger partial charge on any atom is -0.325 e. The van der Waals surface area contributed by atoms with Gasteiger partial charge in [-0.3, -0.25) is 4.90 Å². The van der Waals surface area contributed by atoms with Crippen molar-refractivity contribution in [3.8, 4) is 0 Å². The average Bonchev–Trinajstić information content (AvgIpc) is 2.77. The van der Waals surface area contributed by atoms with Gasteiger partial charge in [-0.05, 0) is 26.9 Å². The average molecular weight is 254 g/mol. The Hall–Kier alpha value is -0.490. The van der Waals surface area contributed by atoms with Crippen molar-refractivity contribution in [2.45, 2.75) is 32.0 Å². The molecule has 0 bridgehead atoms. The molecular formula is C12H22N4S. The van der Waals surface area contributed by atoms with Crippen LogP contribution in [0.3, 0.4) is 0 Å². The van der Waals surface area contributed by atoms with Gasteiger partial charge in [0.1, 0.15) is 5.01 Å². The second kappa shape index (κ2) is 5.91. The molecule has 0 aromatic carbocycles. The van der Waals surface area contributed by atoms with Crippen molar-refractivity contribution in [3.63, 3.8) is 0 Å². The van der Waals surface area contributed by atoms with Crippen LogP contribution in [0.4, 0.5) is 0 Å². The minimum atomic E-state index is 0.563. The molecule has 2 N–H and O–H groups in total. The smallest absolute Gasteiger partial charge is 0.106 e. The van der Waals surface area contributed by atoms with E-state index in [2.05, 4.69) is 34.3 Å². The summed E-state index contributed by atoms with van der Waals surface area (Å²) in [6.07, 6.45) is 2.53. The largest absolute Gasteiger partial charge is 0.325 e. The molecule has 1 aromatic heterocycles. The number of piperidine rings is 1. The number of hydrogen-bond donors (Lipinski definition) is 1. The number of nitrogens with zero attached hydrogens (tertiary/aromatic N) is 3. The molecule has 1 aromatic rings. The van der Waals surface area contributed by atoms with Crippen LogP contribution in [0.15, 0.2) is 5.38 Å². The maximum Gasteiger partial charge on any atom is 0.106 e. The van der Waals surface area contributed by atoms with E-state index in [0.717, 1.165) is 17.6 Å². The molecule has 96 valence electrons. The summed E-state index contributed by atoms with van der Waals surface area (Å²) in [6.45, 7) is 3.90. The first-order chi connectivity index (χ1) is 8.19. The van der Waals surface area contributed by atoms with Crippen LogP contribution >= 0.6 is 11.3 Å². The highest BCUT2D eigenvalue weighted by Gasteiger charge is 2.20. The highest BCUT2D eigenvalue weighted by atomic mass is 32.1. The predicted octanol–water partition coefficient (Wildman–Crippen LogP) is 1.13. The van der Waals surface area contributed by atoms with Crippen molar-refractivity contribution in [1.82, 2.24) is 14.8 Å². The summed E-state index contributed by atoms with van der Waals surface area (Å²) in [7, 11) is 4.35. The van der Waals surface area contributed by atoms with Crippen LogP contribution in [0.5, 0.6) is 0 Å². The molecule has 0 saturated carbocycles. The van der Waals surface area contributed by atoms with Gasteiger partial charge < -0.3 is 10.6 Å². The lowest BCUT2D eigenvalue weighted by Crippen LogP contribution is -2.41. The molecule has 5 heteroatoms. The Bertz CT molecular complexity index is 342. The Morgan fingerprint density at radius 1 is 1.47 bits per heavy atom. The van der Waals surface area contributed by atoms with Crippen LogP contribution in [0, 0.1) is 0 Å². The molecule has 2 heterocycles. The SMILES string of the molecule is CN(C)C1CCN(Cc2csc(CN)n2)CC1. The summed E-state index contributed by atoms with van der Waals surface area (Å²) in [5, 5.41) is 3.18. The summed E-state index contributed by atoms with van der Waals surface area (Å²) >= 11 is 1.67. The van der Waals surface area contributed by atoms with E-state index in [1.54, 1.807) is 11.3 Å². The van der Waals surface area contributed by atoms with Gasteiger partial charge in [0, 0.05) is 37.6 Å². The second-order valence-electron chi connectivity index (χ2n) is 4.91. The lowest BCUT2D eigenvalue weighted by molar-refractivity contribution is 0.139. The zero-order valence-electron chi connectivity index (χ0n) is 10.7. The van der Waals surface area contributed by atoms with E-state index >= 15 is 0 Å². The normalized spacial score (nSPS) is 19.1. The second-order valence-corrected chi connectivity index (χ2v) is 5.85. The van der Waals surface area contributed by atoms with Crippen LogP contribution in [0.25, 0.3) is 0 Å². The quantitative estimate of drug-likeness (QED) is 0.875. The molecule has 17 heavy (non-hydrogen) atoms. The molecule has 0 spiro atoms. The van der Waals surface area contributed by atoms with Gasteiger partial charge in [0.25, 0.3) is 0 Å². The Kier molecular flexibility index (Phi) is 4.50. The Balaban J connectivity index is 1.81. The van der Waals surface area contributed by atoms with Gasteiger partial charge in [-0.1, -0.05) is 0 Å². The van der Waals surface area contributed by atoms with Crippen LogP contribution in [0.1, 0.15) is 23.5 Å². The number of aromatic nitrogens is 1. The molecular weight excluding hydrogens is 232 g/mol. The Morgan fingerprint density at radius 2 is 2.18 bits per heavy atom. The van der Waals surface area contributed by atoms with E-state index < -0.39 is 0 Å². The third-order valence-electron chi connectivity index (χ3n) is 3.45. The van der Waals surface area contributed by atoms with Gasteiger partial charge in [-0.15, -0.1) is 11.3 Å². The maximum atomic E-state index is 5.58. The molecule has 2 rings (SSSR count). The van der Waals surface area contributed by atoms with Gasteiger partial charge in [-0.25, -0.2) is 4.98 Å². The summed E-state index contributed by atoms with van der Waals surface area (Å²) in [5.41, 5.74) is 6.76. The minimum absolute atomic E-state index is 0.563. The third-order valence-corrected chi connectivity index (χ3v) is 4.37. The summed E-state index contributed by atoms with van der Waals surface area (Å²) in [6, 6.07) is 0.751. The van der Waals surface area contributed by atoms with E-state index in [-0.39, 0.29) is 0 Å². The number of likely N-dealkylation sites (tertiary alicyclic amines) is 1. The highest BCUT2D eigenvalue weighted by Crippen LogP contribution is 2.17. The molecule has 0 aliphatic carbocycles. The van der Waals surface area contributed by atoms with Crippen LogP contribution < -0.4 is 5.73 Å². The number of thiazole rings is 1. The molecule has 1 saturated heterocycles. The molecule has 4 nitrogen and oxygen atoms in total. The summed E-state index contributed by atoms with van der Waals surface area (Å²) < 4.78 is 0. The zero-order valence-corrected chi connectivity index (χ0v) is 11.5. The van der Waals surface area contributed by atoms with E-state index in [4.69, 9.17) is 5.73 Å². The van der Waals surface area contributed by atoms with Crippen LogP contribution in [-0.2, 0) is 13.1 Å².